The Kier molecular flexibility index (Phi) is 3.64. The first-order valence-corrected chi connectivity index (χ1v) is 6.82. The average molecular weight is 284 g/mol. The Bertz CT molecular complexity index is 670. The lowest BCUT2D eigenvalue weighted by atomic mass is 10.1. The Morgan fingerprint density at radius 2 is 1.95 bits per heavy atom. The minimum atomic E-state index is -0.162. The molecule has 0 radical (unpaired) electrons. The van der Waals surface area contributed by atoms with Crippen molar-refractivity contribution in [3.63, 3.8) is 0 Å². The van der Waals surface area contributed by atoms with Crippen LogP contribution in [0.25, 0.3) is 0 Å². The molecule has 0 fully saturated rings. The lowest BCUT2D eigenvalue weighted by molar-refractivity contribution is 0.102. The molecule has 1 aliphatic rings. The van der Waals surface area contributed by atoms with Crippen LogP contribution in [0.3, 0.4) is 0 Å². The van der Waals surface area contributed by atoms with Crippen molar-refractivity contribution in [3.8, 4) is 11.5 Å². The summed E-state index contributed by atoms with van der Waals surface area (Å²) in [5, 5.41) is 6.05. The number of ether oxygens (including phenoxy) is 2. The molecule has 0 spiro atoms. The number of amides is 1. The molecule has 108 valence electrons. The summed E-state index contributed by atoms with van der Waals surface area (Å²) in [5.41, 5.74) is 2.10. The molecule has 2 aromatic carbocycles. The maximum atomic E-state index is 12.4. The monoisotopic (exact) mass is 284 g/mol. The minimum absolute atomic E-state index is 0.162. The summed E-state index contributed by atoms with van der Waals surface area (Å²) in [6, 6.07) is 12.8. The maximum Gasteiger partial charge on any atom is 0.257 e. The Morgan fingerprint density at radius 1 is 1.14 bits per heavy atom. The third kappa shape index (κ3) is 2.76. The smallest absolute Gasteiger partial charge is 0.257 e. The first-order chi connectivity index (χ1) is 10.3. The van der Waals surface area contributed by atoms with Gasteiger partial charge in [-0.2, -0.15) is 0 Å². The first-order valence-electron chi connectivity index (χ1n) is 6.82. The van der Waals surface area contributed by atoms with Crippen LogP contribution in [0.15, 0.2) is 42.5 Å². The van der Waals surface area contributed by atoms with E-state index in [-0.39, 0.29) is 12.7 Å². The number of nitrogens with one attached hydrogen (secondary N) is 2. The number of para-hydroxylation sites is 1. The summed E-state index contributed by atoms with van der Waals surface area (Å²) in [6.45, 7) is 2.97. The van der Waals surface area contributed by atoms with Crippen molar-refractivity contribution < 1.29 is 14.3 Å². The van der Waals surface area contributed by atoms with Crippen LogP contribution in [0.5, 0.6) is 11.5 Å². The van der Waals surface area contributed by atoms with Gasteiger partial charge in [-0.05, 0) is 31.2 Å². The van der Waals surface area contributed by atoms with Crippen molar-refractivity contribution in [2.45, 2.75) is 6.92 Å². The molecule has 5 heteroatoms. The molecular weight excluding hydrogens is 268 g/mol. The van der Waals surface area contributed by atoms with Gasteiger partial charge in [0.25, 0.3) is 5.91 Å². The summed E-state index contributed by atoms with van der Waals surface area (Å²) >= 11 is 0. The lowest BCUT2D eigenvalue weighted by Crippen LogP contribution is -2.14. The topological polar surface area (TPSA) is 59.6 Å². The van der Waals surface area contributed by atoms with Crippen molar-refractivity contribution >= 4 is 17.3 Å². The highest BCUT2D eigenvalue weighted by molar-refractivity contribution is 6.08. The van der Waals surface area contributed by atoms with E-state index in [2.05, 4.69) is 10.6 Å². The van der Waals surface area contributed by atoms with Gasteiger partial charge in [-0.3, -0.25) is 4.79 Å². The standard InChI is InChI=1S/C16H16N2O3/c1-2-17-13-6-4-3-5-12(13)16(19)18-11-7-8-14-15(9-11)21-10-20-14/h3-9,17H,2,10H2,1H3,(H,18,19). The molecule has 1 heterocycles. The molecule has 0 unspecified atom stereocenters. The summed E-state index contributed by atoms with van der Waals surface area (Å²) in [7, 11) is 0. The van der Waals surface area contributed by atoms with Crippen molar-refractivity contribution in [1.82, 2.24) is 0 Å². The predicted octanol–water partition coefficient (Wildman–Crippen LogP) is 3.10. The van der Waals surface area contributed by atoms with E-state index in [0.29, 0.717) is 22.7 Å². The Morgan fingerprint density at radius 3 is 2.81 bits per heavy atom. The zero-order valence-electron chi connectivity index (χ0n) is 11.7. The van der Waals surface area contributed by atoms with Crippen molar-refractivity contribution in [1.29, 1.82) is 0 Å². The summed E-state index contributed by atoms with van der Waals surface area (Å²) in [4.78, 5) is 12.4. The lowest BCUT2D eigenvalue weighted by Gasteiger charge is -2.11. The van der Waals surface area contributed by atoms with E-state index in [9.17, 15) is 4.79 Å². The molecule has 5 nitrogen and oxygen atoms in total. The van der Waals surface area contributed by atoms with E-state index in [0.717, 1.165) is 12.2 Å². The summed E-state index contributed by atoms with van der Waals surface area (Å²) in [5.74, 6) is 1.18. The molecule has 0 aromatic heterocycles. The number of anilines is 2. The number of hydrogen-bond donors (Lipinski definition) is 2. The number of benzene rings is 2. The molecule has 0 atom stereocenters. The van der Waals surface area contributed by atoms with Gasteiger partial charge in [-0.1, -0.05) is 12.1 Å². The van der Waals surface area contributed by atoms with E-state index in [1.54, 1.807) is 24.3 Å². The first kappa shape index (κ1) is 13.3. The van der Waals surface area contributed by atoms with Gasteiger partial charge in [0.15, 0.2) is 11.5 Å². The molecule has 2 N–H and O–H groups in total. The van der Waals surface area contributed by atoms with E-state index < -0.39 is 0 Å². The highest BCUT2D eigenvalue weighted by Gasteiger charge is 2.15. The number of fused-ring (bicyclic) bond motifs is 1. The molecule has 0 aliphatic carbocycles. The van der Waals surface area contributed by atoms with Gasteiger partial charge in [0.05, 0.1) is 5.56 Å². The van der Waals surface area contributed by atoms with E-state index in [1.165, 1.54) is 0 Å². The quantitative estimate of drug-likeness (QED) is 0.905. The average Bonchev–Trinajstić information content (AvgIpc) is 2.95. The van der Waals surface area contributed by atoms with Crippen LogP contribution in [-0.4, -0.2) is 19.2 Å². The summed E-state index contributed by atoms with van der Waals surface area (Å²) in [6.07, 6.45) is 0. The number of carbonyl (C=O) groups is 1. The fourth-order valence-corrected chi connectivity index (χ4v) is 2.20. The van der Waals surface area contributed by atoms with Gasteiger partial charge in [-0.25, -0.2) is 0 Å². The van der Waals surface area contributed by atoms with Crippen LogP contribution in [0.1, 0.15) is 17.3 Å². The van der Waals surface area contributed by atoms with Crippen LogP contribution in [-0.2, 0) is 0 Å². The van der Waals surface area contributed by atoms with Crippen LogP contribution in [0.4, 0.5) is 11.4 Å². The predicted molar refractivity (Wildman–Crippen MR) is 81.1 cm³/mol. The second kappa shape index (κ2) is 5.75. The van der Waals surface area contributed by atoms with E-state index in [4.69, 9.17) is 9.47 Å². The number of rotatable bonds is 4. The Hall–Kier alpha value is -2.69. The molecule has 2 aromatic rings. The highest BCUT2D eigenvalue weighted by atomic mass is 16.7. The van der Waals surface area contributed by atoms with Crippen LogP contribution in [0, 0.1) is 0 Å². The molecular formula is C16H16N2O3. The molecule has 1 amide bonds. The Labute approximate surface area is 122 Å². The molecule has 1 aliphatic heterocycles. The van der Waals surface area contributed by atoms with Crippen molar-refractivity contribution in [2.24, 2.45) is 0 Å². The molecule has 0 saturated heterocycles. The zero-order valence-corrected chi connectivity index (χ0v) is 11.7. The zero-order chi connectivity index (χ0) is 14.7. The second-order valence-corrected chi connectivity index (χ2v) is 4.60. The van der Waals surface area contributed by atoms with Gasteiger partial charge in [-0.15, -0.1) is 0 Å². The third-order valence-corrected chi connectivity index (χ3v) is 3.17. The number of carbonyl (C=O) groups excluding carboxylic acids is 1. The van der Waals surface area contributed by atoms with Crippen LogP contribution >= 0.6 is 0 Å². The van der Waals surface area contributed by atoms with Gasteiger partial charge < -0.3 is 20.1 Å². The maximum absolute atomic E-state index is 12.4. The third-order valence-electron chi connectivity index (χ3n) is 3.17. The van der Waals surface area contributed by atoms with Crippen molar-refractivity contribution in [3.05, 3.63) is 48.0 Å². The van der Waals surface area contributed by atoms with Gasteiger partial charge in [0.1, 0.15) is 0 Å². The fourth-order valence-electron chi connectivity index (χ4n) is 2.20. The largest absolute Gasteiger partial charge is 0.454 e. The number of hydrogen-bond acceptors (Lipinski definition) is 4. The summed E-state index contributed by atoms with van der Waals surface area (Å²) < 4.78 is 10.6. The Balaban J connectivity index is 1.80. The van der Waals surface area contributed by atoms with Crippen molar-refractivity contribution in [2.75, 3.05) is 24.0 Å². The SMILES string of the molecule is CCNc1ccccc1C(=O)Nc1ccc2c(c1)OCO2. The van der Waals surface area contributed by atoms with E-state index >= 15 is 0 Å². The van der Waals surface area contributed by atoms with Gasteiger partial charge in [0, 0.05) is 24.0 Å². The van der Waals surface area contributed by atoms with Gasteiger partial charge >= 0.3 is 0 Å². The normalized spacial score (nSPS) is 12.0. The van der Waals surface area contributed by atoms with Gasteiger partial charge in [0.2, 0.25) is 6.79 Å². The molecule has 0 saturated carbocycles. The molecule has 21 heavy (non-hydrogen) atoms. The van der Waals surface area contributed by atoms with Crippen LogP contribution < -0.4 is 20.1 Å². The molecule has 0 bridgehead atoms. The molecule has 3 rings (SSSR count). The highest BCUT2D eigenvalue weighted by Crippen LogP contribution is 2.34. The van der Waals surface area contributed by atoms with Crippen LogP contribution in [0.2, 0.25) is 0 Å². The fraction of sp³-hybridized carbons (Fsp3) is 0.188. The minimum Gasteiger partial charge on any atom is -0.454 e. The van der Waals surface area contributed by atoms with E-state index in [1.807, 2.05) is 25.1 Å². The second-order valence-electron chi connectivity index (χ2n) is 4.60.